The van der Waals surface area contributed by atoms with Crippen LogP contribution in [-0.2, 0) is 10.0 Å². The first-order valence-corrected chi connectivity index (χ1v) is 7.94. The van der Waals surface area contributed by atoms with Crippen LogP contribution in [0.25, 0.3) is 0 Å². The maximum atomic E-state index is 12.5. The number of aliphatic hydroxyl groups excluding tert-OH is 1. The zero-order chi connectivity index (χ0) is 14.2. The van der Waals surface area contributed by atoms with Crippen LogP contribution in [-0.4, -0.2) is 37.0 Å². The van der Waals surface area contributed by atoms with Gasteiger partial charge in [0.15, 0.2) is 0 Å². The van der Waals surface area contributed by atoms with Gasteiger partial charge in [0.2, 0.25) is 10.0 Å². The zero-order valence-electron chi connectivity index (χ0n) is 10.0. The van der Waals surface area contributed by atoms with Gasteiger partial charge in [-0.15, -0.1) is 0 Å². The molecular weight excluding hydrogens is 311 g/mol. The van der Waals surface area contributed by atoms with Crippen LogP contribution < -0.4 is 5.73 Å². The third kappa shape index (κ3) is 2.98. The Labute approximate surface area is 122 Å². The number of benzene rings is 1. The number of halogens is 2. The summed E-state index contributed by atoms with van der Waals surface area (Å²) in [7, 11) is -3.82. The first kappa shape index (κ1) is 14.9. The Morgan fingerprint density at radius 1 is 1.32 bits per heavy atom. The van der Waals surface area contributed by atoms with Crippen LogP contribution in [0, 0.1) is 0 Å². The molecule has 19 heavy (non-hydrogen) atoms. The van der Waals surface area contributed by atoms with Crippen molar-refractivity contribution in [1.82, 2.24) is 4.31 Å². The molecule has 0 aromatic heterocycles. The van der Waals surface area contributed by atoms with Crippen molar-refractivity contribution in [3.05, 3.63) is 22.2 Å². The summed E-state index contributed by atoms with van der Waals surface area (Å²) in [5, 5.41) is 9.56. The van der Waals surface area contributed by atoms with E-state index >= 15 is 0 Å². The van der Waals surface area contributed by atoms with Gasteiger partial charge in [0.1, 0.15) is 4.90 Å². The Hall–Kier alpha value is -0.530. The summed E-state index contributed by atoms with van der Waals surface area (Å²) < 4.78 is 26.2. The van der Waals surface area contributed by atoms with E-state index in [1.54, 1.807) is 0 Å². The molecule has 0 radical (unpaired) electrons. The van der Waals surface area contributed by atoms with Gasteiger partial charge in [-0.3, -0.25) is 0 Å². The first-order valence-electron chi connectivity index (χ1n) is 5.75. The molecule has 106 valence electrons. The molecule has 3 N–H and O–H groups in total. The SMILES string of the molecule is Nc1cc(Cl)c(S(=O)(=O)N2CCCC(O)C2)c(Cl)c1. The molecule has 0 spiro atoms. The number of β-amino-alcohol motifs (C(OH)–C–C–N with tert-alkyl or cyclic N) is 1. The van der Waals surface area contributed by atoms with Crippen molar-refractivity contribution in [1.29, 1.82) is 0 Å². The number of hydrogen-bond donors (Lipinski definition) is 2. The largest absolute Gasteiger partial charge is 0.399 e. The molecule has 1 saturated heterocycles. The summed E-state index contributed by atoms with van der Waals surface area (Å²) in [5.74, 6) is 0. The number of rotatable bonds is 2. The van der Waals surface area contributed by atoms with E-state index in [2.05, 4.69) is 0 Å². The summed E-state index contributed by atoms with van der Waals surface area (Å²) in [6, 6.07) is 2.70. The fraction of sp³-hybridized carbons (Fsp3) is 0.455. The number of piperidine rings is 1. The summed E-state index contributed by atoms with van der Waals surface area (Å²) in [6.45, 7) is 0.399. The number of hydrogen-bond acceptors (Lipinski definition) is 4. The minimum absolute atomic E-state index is 0.00920. The highest BCUT2D eigenvalue weighted by molar-refractivity contribution is 7.89. The second-order valence-electron chi connectivity index (χ2n) is 4.47. The Balaban J connectivity index is 2.45. The molecule has 8 heteroatoms. The maximum Gasteiger partial charge on any atom is 0.246 e. The molecule has 1 aromatic rings. The van der Waals surface area contributed by atoms with E-state index in [0.29, 0.717) is 25.1 Å². The zero-order valence-corrected chi connectivity index (χ0v) is 12.3. The van der Waals surface area contributed by atoms with Gasteiger partial charge in [-0.25, -0.2) is 8.42 Å². The normalized spacial score (nSPS) is 21.5. The topological polar surface area (TPSA) is 83.6 Å². The molecule has 1 fully saturated rings. The smallest absolute Gasteiger partial charge is 0.246 e. The van der Waals surface area contributed by atoms with Crippen molar-refractivity contribution in [3.63, 3.8) is 0 Å². The third-order valence-electron chi connectivity index (χ3n) is 2.98. The number of nitrogen functional groups attached to an aromatic ring is 1. The van der Waals surface area contributed by atoms with E-state index in [0.717, 1.165) is 0 Å². The molecule has 1 unspecified atom stereocenters. The predicted octanol–water partition coefficient (Wildman–Crippen LogP) is 1.72. The van der Waals surface area contributed by atoms with Gasteiger partial charge in [-0.1, -0.05) is 23.2 Å². The Bertz CT molecular complexity index is 569. The Kier molecular flexibility index (Phi) is 4.27. The molecule has 5 nitrogen and oxygen atoms in total. The molecule has 1 aromatic carbocycles. The van der Waals surface area contributed by atoms with Gasteiger partial charge >= 0.3 is 0 Å². The summed E-state index contributed by atoms with van der Waals surface area (Å²) in [6.07, 6.45) is 0.537. The summed E-state index contributed by atoms with van der Waals surface area (Å²) in [4.78, 5) is -0.154. The number of sulfonamides is 1. The molecule has 2 rings (SSSR count). The molecule has 1 aliphatic heterocycles. The van der Waals surface area contributed by atoms with Gasteiger partial charge in [0.05, 0.1) is 16.1 Å². The predicted molar refractivity (Wildman–Crippen MR) is 74.9 cm³/mol. The Morgan fingerprint density at radius 3 is 2.42 bits per heavy atom. The van der Waals surface area contributed by atoms with Gasteiger partial charge in [-0.2, -0.15) is 4.31 Å². The van der Waals surface area contributed by atoms with Crippen LogP contribution >= 0.6 is 23.2 Å². The Morgan fingerprint density at radius 2 is 1.89 bits per heavy atom. The lowest BCUT2D eigenvalue weighted by Crippen LogP contribution is -2.42. The lowest BCUT2D eigenvalue weighted by atomic mass is 10.1. The quantitative estimate of drug-likeness (QED) is 0.811. The number of nitrogens with two attached hydrogens (primary N) is 1. The van der Waals surface area contributed by atoms with E-state index in [1.807, 2.05) is 0 Å². The van der Waals surface area contributed by atoms with Crippen LogP contribution in [0.3, 0.4) is 0 Å². The van der Waals surface area contributed by atoms with Crippen molar-refractivity contribution in [2.75, 3.05) is 18.8 Å². The van der Waals surface area contributed by atoms with Crippen LogP contribution in [0.5, 0.6) is 0 Å². The average molecular weight is 325 g/mol. The van der Waals surface area contributed by atoms with Crippen molar-refractivity contribution in [3.8, 4) is 0 Å². The van der Waals surface area contributed by atoms with Crippen molar-refractivity contribution < 1.29 is 13.5 Å². The molecular formula is C11H14Cl2N2O3S. The third-order valence-corrected chi connectivity index (χ3v) is 5.77. The lowest BCUT2D eigenvalue weighted by Gasteiger charge is -2.29. The van der Waals surface area contributed by atoms with E-state index in [4.69, 9.17) is 28.9 Å². The van der Waals surface area contributed by atoms with E-state index in [9.17, 15) is 13.5 Å². The fourth-order valence-electron chi connectivity index (χ4n) is 2.09. The van der Waals surface area contributed by atoms with Crippen LogP contribution in [0.4, 0.5) is 5.69 Å². The van der Waals surface area contributed by atoms with E-state index in [1.165, 1.54) is 16.4 Å². The summed E-state index contributed by atoms with van der Waals surface area (Å²) in [5.41, 5.74) is 5.85. The van der Waals surface area contributed by atoms with Gasteiger partial charge in [0, 0.05) is 18.8 Å². The van der Waals surface area contributed by atoms with Crippen molar-refractivity contribution in [2.24, 2.45) is 0 Å². The molecule has 1 heterocycles. The molecule has 1 aliphatic rings. The van der Waals surface area contributed by atoms with Gasteiger partial charge in [-0.05, 0) is 25.0 Å². The highest BCUT2D eigenvalue weighted by atomic mass is 35.5. The molecule has 1 atom stereocenters. The highest BCUT2D eigenvalue weighted by Gasteiger charge is 2.32. The van der Waals surface area contributed by atoms with E-state index in [-0.39, 0.29) is 21.5 Å². The molecule has 0 aliphatic carbocycles. The van der Waals surface area contributed by atoms with Gasteiger partial charge in [0.25, 0.3) is 0 Å². The molecule has 0 amide bonds. The van der Waals surface area contributed by atoms with Gasteiger partial charge < -0.3 is 10.8 Å². The minimum Gasteiger partial charge on any atom is -0.399 e. The van der Waals surface area contributed by atoms with Crippen LogP contribution in [0.15, 0.2) is 17.0 Å². The highest BCUT2D eigenvalue weighted by Crippen LogP contribution is 2.34. The second kappa shape index (κ2) is 5.46. The van der Waals surface area contributed by atoms with Crippen molar-refractivity contribution in [2.45, 2.75) is 23.8 Å². The second-order valence-corrected chi connectivity index (χ2v) is 7.16. The molecule has 0 bridgehead atoms. The standard InChI is InChI=1S/C11H14Cl2N2O3S/c12-9-4-7(14)5-10(13)11(9)19(17,18)15-3-1-2-8(16)6-15/h4-5,8,16H,1-3,6,14H2. The molecule has 0 saturated carbocycles. The summed E-state index contributed by atoms with van der Waals surface area (Å²) >= 11 is 11.9. The maximum absolute atomic E-state index is 12.5. The average Bonchev–Trinajstić information content (AvgIpc) is 2.26. The minimum atomic E-state index is -3.82. The van der Waals surface area contributed by atoms with Crippen LogP contribution in [0.1, 0.15) is 12.8 Å². The fourth-order valence-corrected chi connectivity index (χ4v) is 4.79. The van der Waals surface area contributed by atoms with Crippen molar-refractivity contribution >= 4 is 38.9 Å². The van der Waals surface area contributed by atoms with Crippen LogP contribution in [0.2, 0.25) is 10.0 Å². The first-order chi connectivity index (χ1) is 8.82. The number of aliphatic hydroxyl groups is 1. The lowest BCUT2D eigenvalue weighted by molar-refractivity contribution is 0.108. The number of nitrogens with zero attached hydrogens (tertiary/aromatic N) is 1. The monoisotopic (exact) mass is 324 g/mol. The number of anilines is 1. The van der Waals surface area contributed by atoms with E-state index < -0.39 is 16.1 Å².